The lowest BCUT2D eigenvalue weighted by atomic mass is 9.55. The molecule has 2 amide bonds. The molecule has 1 saturated heterocycles. The Labute approximate surface area is 188 Å². The van der Waals surface area contributed by atoms with Gasteiger partial charge in [0.25, 0.3) is 0 Å². The SMILES string of the molecule is CCCC[C@@H](C(=O)OC(C)C)N1C(=O)[C@@H]2C3c4ccccc4C(c4ccccc43)[C@@H]2C1=O. The third kappa shape index (κ3) is 2.94. The van der Waals surface area contributed by atoms with Gasteiger partial charge in [-0.05, 0) is 42.5 Å². The van der Waals surface area contributed by atoms with E-state index in [2.05, 4.69) is 24.3 Å². The molecule has 1 aliphatic heterocycles. The van der Waals surface area contributed by atoms with Crippen molar-refractivity contribution < 1.29 is 19.1 Å². The summed E-state index contributed by atoms with van der Waals surface area (Å²) in [5.41, 5.74) is 4.54. The van der Waals surface area contributed by atoms with E-state index in [-0.39, 0.29) is 29.8 Å². The molecule has 0 spiro atoms. The molecule has 6 rings (SSSR count). The van der Waals surface area contributed by atoms with E-state index in [9.17, 15) is 14.4 Å². The minimum absolute atomic E-state index is 0.160. The number of likely N-dealkylation sites (tertiary alicyclic amines) is 1. The number of amides is 2. The van der Waals surface area contributed by atoms with Gasteiger partial charge in [-0.25, -0.2) is 4.79 Å². The van der Waals surface area contributed by atoms with Crippen molar-refractivity contribution >= 4 is 17.8 Å². The Morgan fingerprint density at radius 3 is 1.69 bits per heavy atom. The molecule has 1 heterocycles. The highest BCUT2D eigenvalue weighted by atomic mass is 16.5. The Bertz CT molecular complexity index is 975. The van der Waals surface area contributed by atoms with E-state index in [1.165, 1.54) is 4.90 Å². The number of hydrogen-bond donors (Lipinski definition) is 0. The van der Waals surface area contributed by atoms with E-state index in [4.69, 9.17) is 4.74 Å². The van der Waals surface area contributed by atoms with Gasteiger partial charge in [0.15, 0.2) is 0 Å². The average Bonchev–Trinajstić information content (AvgIpc) is 3.05. The van der Waals surface area contributed by atoms with Crippen LogP contribution in [-0.2, 0) is 19.1 Å². The Hall–Kier alpha value is -2.95. The number of hydrogen-bond acceptors (Lipinski definition) is 4. The Morgan fingerprint density at radius 1 is 0.875 bits per heavy atom. The Kier molecular flexibility index (Phi) is 5.15. The van der Waals surface area contributed by atoms with Gasteiger partial charge in [0.2, 0.25) is 11.8 Å². The highest BCUT2D eigenvalue weighted by Crippen LogP contribution is 2.61. The Balaban J connectivity index is 1.60. The van der Waals surface area contributed by atoms with Gasteiger partial charge in [0.1, 0.15) is 6.04 Å². The van der Waals surface area contributed by atoms with Gasteiger partial charge < -0.3 is 4.74 Å². The smallest absolute Gasteiger partial charge is 0.329 e. The molecule has 166 valence electrons. The maximum atomic E-state index is 13.9. The number of nitrogens with zero attached hydrogens (tertiary/aromatic N) is 1. The van der Waals surface area contributed by atoms with Crippen LogP contribution < -0.4 is 0 Å². The number of rotatable bonds is 6. The molecule has 2 aromatic rings. The van der Waals surface area contributed by atoms with Crippen molar-refractivity contribution in [3.63, 3.8) is 0 Å². The molecule has 5 nitrogen and oxygen atoms in total. The first-order valence-corrected chi connectivity index (χ1v) is 11.7. The molecule has 32 heavy (non-hydrogen) atoms. The van der Waals surface area contributed by atoms with E-state index in [1.54, 1.807) is 13.8 Å². The third-order valence-corrected chi connectivity index (χ3v) is 7.25. The summed E-state index contributed by atoms with van der Waals surface area (Å²) >= 11 is 0. The van der Waals surface area contributed by atoms with Crippen molar-refractivity contribution in [1.82, 2.24) is 4.90 Å². The quantitative estimate of drug-likeness (QED) is 0.503. The zero-order chi connectivity index (χ0) is 22.6. The number of ether oxygens (including phenoxy) is 1. The summed E-state index contributed by atoms with van der Waals surface area (Å²) in [6.07, 6.45) is 1.76. The lowest BCUT2D eigenvalue weighted by Crippen LogP contribution is -2.47. The number of benzene rings is 2. The van der Waals surface area contributed by atoms with Crippen LogP contribution in [-0.4, -0.2) is 34.8 Å². The standard InChI is InChI=1S/C27H29NO4/c1-4-5-14-20(27(31)32-15(2)3)28-25(29)23-21-16-10-6-7-11-17(16)22(24(23)26(28)30)19-13-9-8-12-18(19)21/h6-13,15,20-24H,4-5,14H2,1-3H3/t20-,21?,22?,23-,24+/m0/s1. The van der Waals surface area contributed by atoms with E-state index < -0.39 is 23.8 Å². The second kappa shape index (κ2) is 7.88. The molecule has 0 unspecified atom stereocenters. The fourth-order valence-electron chi connectivity index (χ4n) is 6.07. The summed E-state index contributed by atoms with van der Waals surface area (Å²) in [6, 6.07) is 15.5. The van der Waals surface area contributed by atoms with Gasteiger partial charge in [0, 0.05) is 11.8 Å². The van der Waals surface area contributed by atoms with Crippen LogP contribution in [0.5, 0.6) is 0 Å². The zero-order valence-electron chi connectivity index (χ0n) is 18.8. The molecule has 4 aliphatic rings. The van der Waals surface area contributed by atoms with Gasteiger partial charge in [-0.2, -0.15) is 0 Å². The topological polar surface area (TPSA) is 63.7 Å². The van der Waals surface area contributed by atoms with Crippen molar-refractivity contribution in [3.8, 4) is 0 Å². The third-order valence-electron chi connectivity index (χ3n) is 7.25. The summed E-state index contributed by atoms with van der Waals surface area (Å²) in [4.78, 5) is 42.0. The first-order chi connectivity index (χ1) is 15.5. The molecule has 0 N–H and O–H groups in total. The molecule has 1 fully saturated rings. The summed E-state index contributed by atoms with van der Waals surface area (Å²) in [6.45, 7) is 5.61. The molecule has 2 aromatic carbocycles. The number of imide groups is 1. The monoisotopic (exact) mass is 431 g/mol. The highest BCUT2D eigenvalue weighted by molar-refractivity contribution is 6.10. The summed E-state index contributed by atoms with van der Waals surface area (Å²) in [5.74, 6) is -2.17. The lowest BCUT2D eigenvalue weighted by molar-refractivity contribution is -0.162. The van der Waals surface area contributed by atoms with Crippen LogP contribution in [0.4, 0.5) is 0 Å². The van der Waals surface area contributed by atoms with Crippen molar-refractivity contribution in [2.75, 3.05) is 0 Å². The van der Waals surface area contributed by atoms with E-state index in [1.807, 2.05) is 31.2 Å². The van der Waals surface area contributed by atoms with Crippen molar-refractivity contribution in [2.24, 2.45) is 11.8 Å². The predicted molar refractivity (Wildman–Crippen MR) is 120 cm³/mol. The van der Waals surface area contributed by atoms with Crippen LogP contribution in [0.1, 0.15) is 74.1 Å². The summed E-state index contributed by atoms with van der Waals surface area (Å²) in [7, 11) is 0. The first-order valence-electron chi connectivity index (χ1n) is 11.7. The molecule has 3 atom stereocenters. The van der Waals surface area contributed by atoms with Gasteiger partial charge in [-0.3, -0.25) is 14.5 Å². The molecular weight excluding hydrogens is 402 g/mol. The van der Waals surface area contributed by atoms with Gasteiger partial charge in [-0.1, -0.05) is 68.3 Å². The summed E-state index contributed by atoms with van der Waals surface area (Å²) in [5, 5.41) is 0. The van der Waals surface area contributed by atoms with Crippen LogP contribution in [0, 0.1) is 11.8 Å². The summed E-state index contributed by atoms with van der Waals surface area (Å²) < 4.78 is 5.48. The maximum absolute atomic E-state index is 13.9. The molecule has 0 saturated carbocycles. The second-order valence-electron chi connectivity index (χ2n) is 9.45. The minimum Gasteiger partial charge on any atom is -0.461 e. The van der Waals surface area contributed by atoms with Crippen LogP contribution in [0.3, 0.4) is 0 Å². The van der Waals surface area contributed by atoms with Crippen molar-refractivity contribution in [1.29, 1.82) is 0 Å². The van der Waals surface area contributed by atoms with Crippen molar-refractivity contribution in [3.05, 3.63) is 70.8 Å². The first kappa shape index (κ1) is 20.9. The van der Waals surface area contributed by atoms with Gasteiger partial charge in [0.05, 0.1) is 17.9 Å². The number of unbranched alkanes of at least 4 members (excludes halogenated alkanes) is 1. The van der Waals surface area contributed by atoms with E-state index >= 15 is 0 Å². The fraction of sp³-hybridized carbons (Fsp3) is 0.444. The van der Waals surface area contributed by atoms with Crippen LogP contribution in [0.15, 0.2) is 48.5 Å². The Morgan fingerprint density at radius 2 is 1.31 bits per heavy atom. The molecule has 5 heteroatoms. The average molecular weight is 432 g/mol. The lowest BCUT2D eigenvalue weighted by Gasteiger charge is -2.45. The minimum atomic E-state index is -0.853. The number of carbonyl (C=O) groups is 3. The van der Waals surface area contributed by atoms with Gasteiger partial charge in [-0.15, -0.1) is 0 Å². The second-order valence-corrected chi connectivity index (χ2v) is 9.45. The molecule has 2 bridgehead atoms. The largest absolute Gasteiger partial charge is 0.461 e. The highest BCUT2D eigenvalue weighted by Gasteiger charge is 2.63. The van der Waals surface area contributed by atoms with Gasteiger partial charge >= 0.3 is 5.97 Å². The fourth-order valence-corrected chi connectivity index (χ4v) is 6.07. The van der Waals surface area contributed by atoms with Crippen LogP contribution in [0.25, 0.3) is 0 Å². The van der Waals surface area contributed by atoms with Crippen LogP contribution >= 0.6 is 0 Å². The normalized spacial score (nSPS) is 26.1. The van der Waals surface area contributed by atoms with Crippen LogP contribution in [0.2, 0.25) is 0 Å². The maximum Gasteiger partial charge on any atom is 0.329 e. The molecular formula is C27H29NO4. The molecule has 3 aliphatic carbocycles. The van der Waals surface area contributed by atoms with E-state index in [0.717, 1.165) is 35.1 Å². The van der Waals surface area contributed by atoms with E-state index in [0.29, 0.717) is 6.42 Å². The van der Waals surface area contributed by atoms with Crippen molar-refractivity contribution in [2.45, 2.75) is 64.0 Å². The predicted octanol–water partition coefficient (Wildman–Crippen LogP) is 4.39. The molecule has 0 radical (unpaired) electrons. The number of esters is 1. The zero-order valence-corrected chi connectivity index (χ0v) is 18.8. The number of carbonyl (C=O) groups excluding carboxylic acids is 3. The molecule has 0 aromatic heterocycles.